The topological polar surface area (TPSA) is 35.5 Å². The second-order valence-corrected chi connectivity index (χ2v) is 5.75. The Bertz CT molecular complexity index is 395. The Labute approximate surface area is 128 Å². The molecule has 0 spiro atoms. The van der Waals surface area contributed by atoms with Gasteiger partial charge in [0.1, 0.15) is 5.78 Å². The molecular weight excluding hydrogens is 264 g/mol. The highest BCUT2D eigenvalue weighted by Crippen LogP contribution is 2.08. The molecule has 0 bridgehead atoms. The fourth-order valence-electron chi connectivity index (χ4n) is 1.79. The van der Waals surface area contributed by atoms with Crippen molar-refractivity contribution in [3.8, 4) is 0 Å². The number of Topliss-reactive ketones (excluding diaryl/α,β-unsaturated/α-hetero) is 1. The molecule has 0 amide bonds. The van der Waals surface area contributed by atoms with E-state index in [9.17, 15) is 4.79 Å². The fourth-order valence-corrected chi connectivity index (χ4v) is 1.79. The quantitative estimate of drug-likeness (QED) is 0.575. The molecule has 0 heterocycles. The molecule has 0 unspecified atom stereocenters. The predicted octanol–water partition coefficient (Wildman–Crippen LogP) is 4.14. The number of carbonyl (C=O) groups is 1. The standard InChI is InChI=1S/C18H28O3/c1-4-18(19)10-12-21-14-17-7-5-16(6-8-17)13-20-11-9-15(2)3/h5-8,15H,4,9-14H2,1-3H3. The van der Waals surface area contributed by atoms with Crippen molar-refractivity contribution in [2.75, 3.05) is 13.2 Å². The first-order valence-corrected chi connectivity index (χ1v) is 7.86. The largest absolute Gasteiger partial charge is 0.377 e. The van der Waals surface area contributed by atoms with Gasteiger partial charge < -0.3 is 9.47 Å². The van der Waals surface area contributed by atoms with Gasteiger partial charge in [0, 0.05) is 19.4 Å². The van der Waals surface area contributed by atoms with Gasteiger partial charge in [-0.25, -0.2) is 0 Å². The number of rotatable bonds is 11. The van der Waals surface area contributed by atoms with Crippen molar-refractivity contribution in [2.45, 2.75) is 53.2 Å². The summed E-state index contributed by atoms with van der Waals surface area (Å²) in [6.07, 6.45) is 2.20. The summed E-state index contributed by atoms with van der Waals surface area (Å²) in [5, 5.41) is 0. The minimum Gasteiger partial charge on any atom is -0.377 e. The number of hydrogen-bond acceptors (Lipinski definition) is 3. The first kappa shape index (κ1) is 17.9. The average Bonchev–Trinajstić information content (AvgIpc) is 2.49. The zero-order chi connectivity index (χ0) is 15.5. The summed E-state index contributed by atoms with van der Waals surface area (Å²) in [7, 11) is 0. The average molecular weight is 292 g/mol. The summed E-state index contributed by atoms with van der Waals surface area (Å²) >= 11 is 0. The lowest BCUT2D eigenvalue weighted by molar-refractivity contribution is -0.119. The lowest BCUT2D eigenvalue weighted by Crippen LogP contribution is -2.03. The van der Waals surface area contributed by atoms with E-state index in [4.69, 9.17) is 9.47 Å². The predicted molar refractivity (Wildman–Crippen MR) is 85.1 cm³/mol. The molecule has 21 heavy (non-hydrogen) atoms. The molecule has 0 N–H and O–H groups in total. The van der Waals surface area contributed by atoms with Crippen LogP contribution in [0, 0.1) is 5.92 Å². The highest BCUT2D eigenvalue weighted by Gasteiger charge is 2.00. The van der Waals surface area contributed by atoms with Crippen LogP contribution in [0.3, 0.4) is 0 Å². The number of benzene rings is 1. The van der Waals surface area contributed by atoms with Crippen LogP contribution in [0.4, 0.5) is 0 Å². The molecule has 3 heteroatoms. The fraction of sp³-hybridized carbons (Fsp3) is 0.611. The number of ether oxygens (including phenoxy) is 2. The smallest absolute Gasteiger partial charge is 0.134 e. The van der Waals surface area contributed by atoms with Crippen LogP contribution >= 0.6 is 0 Å². The molecule has 0 atom stereocenters. The Kier molecular flexibility index (Phi) is 8.95. The van der Waals surface area contributed by atoms with Crippen LogP contribution < -0.4 is 0 Å². The van der Waals surface area contributed by atoms with Crippen LogP contribution in [-0.4, -0.2) is 19.0 Å². The van der Waals surface area contributed by atoms with Gasteiger partial charge >= 0.3 is 0 Å². The Hall–Kier alpha value is -1.19. The summed E-state index contributed by atoms with van der Waals surface area (Å²) in [4.78, 5) is 11.1. The van der Waals surface area contributed by atoms with E-state index in [1.165, 1.54) is 5.56 Å². The van der Waals surface area contributed by atoms with Crippen molar-refractivity contribution in [3.63, 3.8) is 0 Å². The van der Waals surface area contributed by atoms with Gasteiger partial charge in [0.15, 0.2) is 0 Å². The van der Waals surface area contributed by atoms with Crippen molar-refractivity contribution in [3.05, 3.63) is 35.4 Å². The van der Waals surface area contributed by atoms with Gasteiger partial charge in [-0.05, 0) is 23.5 Å². The molecule has 118 valence electrons. The third kappa shape index (κ3) is 8.64. The number of carbonyl (C=O) groups excluding carboxylic acids is 1. The van der Waals surface area contributed by atoms with Crippen molar-refractivity contribution in [1.82, 2.24) is 0 Å². The van der Waals surface area contributed by atoms with Crippen molar-refractivity contribution in [1.29, 1.82) is 0 Å². The van der Waals surface area contributed by atoms with Gasteiger partial charge in [-0.2, -0.15) is 0 Å². The second-order valence-electron chi connectivity index (χ2n) is 5.75. The Morgan fingerprint density at radius 3 is 2.00 bits per heavy atom. The summed E-state index contributed by atoms with van der Waals surface area (Å²) in [6.45, 7) is 8.83. The third-order valence-electron chi connectivity index (χ3n) is 3.32. The van der Waals surface area contributed by atoms with Crippen molar-refractivity contribution in [2.24, 2.45) is 5.92 Å². The van der Waals surface area contributed by atoms with E-state index in [-0.39, 0.29) is 5.78 Å². The number of ketones is 1. The molecule has 3 nitrogen and oxygen atoms in total. The van der Waals surface area contributed by atoms with Crippen LogP contribution in [0.2, 0.25) is 0 Å². The summed E-state index contributed by atoms with van der Waals surface area (Å²) < 4.78 is 11.1. The Morgan fingerprint density at radius 2 is 1.52 bits per heavy atom. The van der Waals surface area contributed by atoms with Gasteiger partial charge in [-0.15, -0.1) is 0 Å². The summed E-state index contributed by atoms with van der Waals surface area (Å²) in [5.41, 5.74) is 2.31. The Balaban J connectivity index is 2.19. The molecular formula is C18H28O3. The minimum atomic E-state index is 0.254. The van der Waals surface area contributed by atoms with Gasteiger partial charge in [0.25, 0.3) is 0 Å². The molecule has 0 aliphatic carbocycles. The molecule has 1 rings (SSSR count). The maximum absolute atomic E-state index is 11.1. The van der Waals surface area contributed by atoms with Gasteiger partial charge in [0.05, 0.1) is 19.8 Å². The van der Waals surface area contributed by atoms with Crippen LogP contribution in [0.15, 0.2) is 24.3 Å². The van der Waals surface area contributed by atoms with E-state index in [0.717, 1.165) is 18.6 Å². The third-order valence-corrected chi connectivity index (χ3v) is 3.32. The zero-order valence-corrected chi connectivity index (χ0v) is 13.6. The van der Waals surface area contributed by atoms with E-state index >= 15 is 0 Å². The molecule has 0 aromatic heterocycles. The minimum absolute atomic E-state index is 0.254. The SMILES string of the molecule is CCC(=O)CCOCc1ccc(COCCC(C)C)cc1. The van der Waals surface area contributed by atoms with E-state index in [2.05, 4.69) is 38.1 Å². The first-order valence-electron chi connectivity index (χ1n) is 7.86. The van der Waals surface area contributed by atoms with Crippen LogP contribution in [0.25, 0.3) is 0 Å². The summed E-state index contributed by atoms with van der Waals surface area (Å²) in [6, 6.07) is 8.27. The monoisotopic (exact) mass is 292 g/mol. The van der Waals surface area contributed by atoms with Crippen LogP contribution in [-0.2, 0) is 27.5 Å². The lowest BCUT2D eigenvalue weighted by atomic mass is 10.1. The van der Waals surface area contributed by atoms with E-state index < -0.39 is 0 Å². The van der Waals surface area contributed by atoms with Gasteiger partial charge in [-0.3, -0.25) is 4.79 Å². The van der Waals surface area contributed by atoms with Gasteiger partial charge in [-0.1, -0.05) is 45.0 Å². The maximum Gasteiger partial charge on any atom is 0.134 e. The lowest BCUT2D eigenvalue weighted by Gasteiger charge is -2.08. The maximum atomic E-state index is 11.1. The van der Waals surface area contributed by atoms with Crippen molar-refractivity contribution < 1.29 is 14.3 Å². The molecule has 0 saturated carbocycles. The highest BCUT2D eigenvalue weighted by molar-refractivity contribution is 5.78. The normalized spacial score (nSPS) is 11.0. The summed E-state index contributed by atoms with van der Waals surface area (Å²) in [5.74, 6) is 0.938. The van der Waals surface area contributed by atoms with E-state index in [1.54, 1.807) is 0 Å². The molecule has 1 aromatic carbocycles. The van der Waals surface area contributed by atoms with Gasteiger partial charge in [0.2, 0.25) is 0 Å². The molecule has 1 aromatic rings. The molecule has 0 aliphatic rings. The first-order chi connectivity index (χ1) is 10.1. The second kappa shape index (κ2) is 10.5. The van der Waals surface area contributed by atoms with E-state index in [0.29, 0.717) is 38.6 Å². The number of hydrogen-bond donors (Lipinski definition) is 0. The highest BCUT2D eigenvalue weighted by atomic mass is 16.5. The molecule has 0 radical (unpaired) electrons. The molecule has 0 fully saturated rings. The van der Waals surface area contributed by atoms with Crippen LogP contribution in [0.5, 0.6) is 0 Å². The Morgan fingerprint density at radius 1 is 1.00 bits per heavy atom. The molecule has 0 aliphatic heterocycles. The molecule has 0 saturated heterocycles. The zero-order valence-electron chi connectivity index (χ0n) is 13.6. The van der Waals surface area contributed by atoms with Crippen molar-refractivity contribution >= 4 is 5.78 Å². The van der Waals surface area contributed by atoms with E-state index in [1.807, 2.05) is 6.92 Å². The van der Waals surface area contributed by atoms with Crippen LogP contribution in [0.1, 0.15) is 51.2 Å².